The lowest BCUT2D eigenvalue weighted by molar-refractivity contribution is -0.133. The van der Waals surface area contributed by atoms with Crippen molar-refractivity contribution in [2.45, 2.75) is 37.7 Å². The van der Waals surface area contributed by atoms with E-state index in [1.807, 2.05) is 6.07 Å². The van der Waals surface area contributed by atoms with Crippen molar-refractivity contribution >= 4 is 22.4 Å². The molecule has 3 rings (SSSR count). The van der Waals surface area contributed by atoms with Crippen LogP contribution >= 0.6 is 11.3 Å². The second kappa shape index (κ2) is 6.14. The maximum absolute atomic E-state index is 13.2. The van der Waals surface area contributed by atoms with Crippen LogP contribution in [0.4, 0.5) is 9.52 Å². The Morgan fingerprint density at radius 1 is 1.41 bits per heavy atom. The summed E-state index contributed by atoms with van der Waals surface area (Å²) in [4.78, 5) is 17.2. The summed E-state index contributed by atoms with van der Waals surface area (Å²) in [5.41, 5.74) is -0.398. The second-order valence-corrected chi connectivity index (χ2v) is 6.75. The molecule has 1 aliphatic rings. The van der Waals surface area contributed by atoms with E-state index < -0.39 is 5.60 Å². The number of rotatable bonds is 4. The highest BCUT2D eigenvalue weighted by Crippen LogP contribution is 2.31. The molecule has 6 heteroatoms. The molecular weight excluding hydrogens is 303 g/mol. The van der Waals surface area contributed by atoms with Gasteiger partial charge in [-0.3, -0.25) is 10.1 Å². The van der Waals surface area contributed by atoms with Crippen molar-refractivity contribution in [3.05, 3.63) is 46.7 Å². The first-order valence-electron chi connectivity index (χ1n) is 7.28. The van der Waals surface area contributed by atoms with E-state index in [1.165, 1.54) is 23.5 Å². The molecule has 2 N–H and O–H groups in total. The van der Waals surface area contributed by atoms with Crippen LogP contribution in [0, 0.1) is 5.82 Å². The standard InChI is InChI=1S/C16H17FN2O2S/c17-12-5-3-4-11(8-12)9-13-10-18-15(22-13)19-14(20)16(21)6-1-2-7-16/h3-5,8,10,21H,1-2,6-7,9H2,(H,18,19,20). The second-order valence-electron chi connectivity index (χ2n) is 5.63. The molecule has 0 radical (unpaired) electrons. The molecule has 0 spiro atoms. The van der Waals surface area contributed by atoms with Gasteiger partial charge in [0.05, 0.1) is 0 Å². The third kappa shape index (κ3) is 3.34. The van der Waals surface area contributed by atoms with Crippen LogP contribution in [0.5, 0.6) is 0 Å². The summed E-state index contributed by atoms with van der Waals surface area (Å²) >= 11 is 1.34. The number of thiazole rings is 1. The molecule has 1 saturated carbocycles. The molecule has 116 valence electrons. The van der Waals surface area contributed by atoms with E-state index in [1.54, 1.807) is 12.3 Å². The van der Waals surface area contributed by atoms with Crippen molar-refractivity contribution < 1.29 is 14.3 Å². The fourth-order valence-electron chi connectivity index (χ4n) is 2.70. The first kappa shape index (κ1) is 15.1. The van der Waals surface area contributed by atoms with E-state index >= 15 is 0 Å². The molecule has 2 aromatic rings. The smallest absolute Gasteiger partial charge is 0.258 e. The minimum atomic E-state index is -1.26. The third-order valence-corrected chi connectivity index (χ3v) is 4.81. The lowest BCUT2D eigenvalue weighted by Gasteiger charge is -2.19. The molecule has 1 aromatic carbocycles. The normalized spacial score (nSPS) is 16.6. The number of halogens is 1. The molecule has 1 aliphatic carbocycles. The van der Waals surface area contributed by atoms with Crippen molar-refractivity contribution in [1.82, 2.24) is 4.98 Å². The Kier molecular flexibility index (Phi) is 4.22. The first-order valence-corrected chi connectivity index (χ1v) is 8.10. The van der Waals surface area contributed by atoms with Crippen molar-refractivity contribution in [3.8, 4) is 0 Å². The molecule has 22 heavy (non-hydrogen) atoms. The van der Waals surface area contributed by atoms with Gasteiger partial charge in [0.2, 0.25) is 0 Å². The first-order chi connectivity index (χ1) is 10.5. The van der Waals surface area contributed by atoms with Crippen molar-refractivity contribution in [1.29, 1.82) is 0 Å². The Labute approximate surface area is 132 Å². The monoisotopic (exact) mass is 320 g/mol. The highest BCUT2D eigenvalue weighted by atomic mass is 32.1. The van der Waals surface area contributed by atoms with Crippen molar-refractivity contribution in [2.24, 2.45) is 0 Å². The topological polar surface area (TPSA) is 62.2 Å². The van der Waals surface area contributed by atoms with Gasteiger partial charge in [-0.2, -0.15) is 0 Å². The number of carbonyl (C=O) groups excluding carboxylic acids is 1. The van der Waals surface area contributed by atoms with Gasteiger partial charge in [-0.25, -0.2) is 9.37 Å². The number of hydrogen-bond acceptors (Lipinski definition) is 4. The molecule has 1 aromatic heterocycles. The number of carbonyl (C=O) groups is 1. The van der Waals surface area contributed by atoms with Gasteiger partial charge in [0.25, 0.3) is 5.91 Å². The number of aromatic nitrogens is 1. The quantitative estimate of drug-likeness (QED) is 0.910. The highest BCUT2D eigenvalue weighted by molar-refractivity contribution is 7.15. The van der Waals surface area contributed by atoms with Crippen LogP contribution in [0.25, 0.3) is 0 Å². The SMILES string of the molecule is O=C(Nc1ncc(Cc2cccc(F)c2)s1)C1(O)CCCC1. The van der Waals surface area contributed by atoms with E-state index in [2.05, 4.69) is 10.3 Å². The average molecular weight is 320 g/mol. The van der Waals surface area contributed by atoms with Crippen LogP contribution in [-0.4, -0.2) is 21.6 Å². The summed E-state index contributed by atoms with van der Waals surface area (Å²) in [7, 11) is 0. The van der Waals surface area contributed by atoms with Gasteiger partial charge < -0.3 is 5.11 Å². The zero-order valence-electron chi connectivity index (χ0n) is 12.0. The number of benzene rings is 1. The van der Waals surface area contributed by atoms with Gasteiger partial charge in [-0.1, -0.05) is 12.1 Å². The molecule has 1 fully saturated rings. The molecule has 0 atom stereocenters. The van der Waals surface area contributed by atoms with E-state index in [9.17, 15) is 14.3 Å². The number of amides is 1. The Morgan fingerprint density at radius 3 is 2.91 bits per heavy atom. The molecule has 1 amide bonds. The van der Waals surface area contributed by atoms with Crippen LogP contribution in [0.3, 0.4) is 0 Å². The van der Waals surface area contributed by atoms with Crippen molar-refractivity contribution in [2.75, 3.05) is 5.32 Å². The van der Waals surface area contributed by atoms with Gasteiger partial charge in [-0.05, 0) is 43.4 Å². The zero-order chi connectivity index (χ0) is 15.6. The van der Waals surface area contributed by atoms with Crippen LogP contribution in [-0.2, 0) is 11.2 Å². The number of anilines is 1. The maximum atomic E-state index is 13.2. The lowest BCUT2D eigenvalue weighted by atomic mass is 10.0. The maximum Gasteiger partial charge on any atom is 0.258 e. The molecule has 1 heterocycles. The van der Waals surface area contributed by atoms with E-state index in [0.717, 1.165) is 23.3 Å². The fraction of sp³-hybridized carbons (Fsp3) is 0.375. The zero-order valence-corrected chi connectivity index (χ0v) is 12.8. The number of nitrogens with zero attached hydrogens (tertiary/aromatic N) is 1. The van der Waals surface area contributed by atoms with Gasteiger partial charge in [0, 0.05) is 17.5 Å². The van der Waals surface area contributed by atoms with Crippen LogP contribution in [0.2, 0.25) is 0 Å². The summed E-state index contributed by atoms with van der Waals surface area (Å²) in [6.07, 6.45) is 4.97. The van der Waals surface area contributed by atoms with Crippen LogP contribution in [0.1, 0.15) is 36.1 Å². The number of nitrogens with one attached hydrogen (secondary N) is 1. The number of aliphatic hydroxyl groups is 1. The predicted molar refractivity (Wildman–Crippen MR) is 83.4 cm³/mol. The molecule has 4 nitrogen and oxygen atoms in total. The summed E-state index contributed by atoms with van der Waals surface area (Å²) < 4.78 is 13.2. The molecule has 0 aliphatic heterocycles. The third-order valence-electron chi connectivity index (χ3n) is 3.89. The summed E-state index contributed by atoms with van der Waals surface area (Å²) in [5, 5.41) is 13.4. The van der Waals surface area contributed by atoms with E-state index in [4.69, 9.17) is 0 Å². The Bertz CT molecular complexity index is 680. The average Bonchev–Trinajstić information content (AvgIpc) is 3.09. The predicted octanol–water partition coefficient (Wildman–Crippen LogP) is 3.12. The van der Waals surface area contributed by atoms with Gasteiger partial charge in [0.1, 0.15) is 11.4 Å². The van der Waals surface area contributed by atoms with Gasteiger partial charge in [-0.15, -0.1) is 11.3 Å². The van der Waals surface area contributed by atoms with E-state index in [-0.39, 0.29) is 11.7 Å². The molecule has 0 bridgehead atoms. The van der Waals surface area contributed by atoms with E-state index in [0.29, 0.717) is 24.4 Å². The Hall–Kier alpha value is -1.79. The lowest BCUT2D eigenvalue weighted by Crippen LogP contribution is -2.40. The van der Waals surface area contributed by atoms with Gasteiger partial charge >= 0.3 is 0 Å². The Balaban J connectivity index is 1.65. The minimum Gasteiger partial charge on any atom is -0.380 e. The summed E-state index contributed by atoms with van der Waals surface area (Å²) in [6, 6.07) is 6.41. The summed E-state index contributed by atoms with van der Waals surface area (Å²) in [6.45, 7) is 0. The van der Waals surface area contributed by atoms with Crippen molar-refractivity contribution in [3.63, 3.8) is 0 Å². The minimum absolute atomic E-state index is 0.265. The largest absolute Gasteiger partial charge is 0.380 e. The molecular formula is C16H17FN2O2S. The highest BCUT2D eigenvalue weighted by Gasteiger charge is 2.39. The van der Waals surface area contributed by atoms with Crippen LogP contribution < -0.4 is 5.32 Å². The fourth-order valence-corrected chi connectivity index (χ4v) is 3.54. The molecule has 0 unspecified atom stereocenters. The Morgan fingerprint density at radius 2 is 2.18 bits per heavy atom. The summed E-state index contributed by atoms with van der Waals surface area (Å²) in [5.74, 6) is -0.643. The van der Waals surface area contributed by atoms with Crippen LogP contribution in [0.15, 0.2) is 30.5 Å². The molecule has 0 saturated heterocycles. The number of hydrogen-bond donors (Lipinski definition) is 2. The van der Waals surface area contributed by atoms with Gasteiger partial charge in [0.15, 0.2) is 5.13 Å².